The van der Waals surface area contributed by atoms with Crippen molar-refractivity contribution in [1.29, 1.82) is 0 Å². The van der Waals surface area contributed by atoms with E-state index in [1.165, 1.54) is 31.4 Å². The Bertz CT molecular complexity index is 1090. The van der Waals surface area contributed by atoms with Crippen molar-refractivity contribution in [3.05, 3.63) is 59.4 Å². The Morgan fingerprint density at radius 3 is 2.32 bits per heavy atom. The summed E-state index contributed by atoms with van der Waals surface area (Å²) in [5.41, 5.74) is 2.52. The fourth-order valence-corrected chi connectivity index (χ4v) is 4.86. The van der Waals surface area contributed by atoms with Crippen molar-refractivity contribution >= 4 is 29.2 Å². The molecule has 0 spiro atoms. The summed E-state index contributed by atoms with van der Waals surface area (Å²) in [6.45, 7) is 4.32. The number of carbonyl (C=O) groups excluding carboxylic acids is 3. The summed E-state index contributed by atoms with van der Waals surface area (Å²) in [7, 11) is 0. The predicted molar refractivity (Wildman–Crippen MR) is 142 cm³/mol. The van der Waals surface area contributed by atoms with Crippen LogP contribution in [0.2, 0.25) is 0 Å². The first kappa shape index (κ1) is 26.4. The molecule has 37 heavy (non-hydrogen) atoms. The third-order valence-corrected chi connectivity index (χ3v) is 7.05. The number of hydrogen-bond acceptors (Lipinski definition) is 4. The summed E-state index contributed by atoms with van der Waals surface area (Å²) in [4.78, 5) is 41.9. The molecule has 2 aromatic rings. The normalized spacial score (nSPS) is 16.3. The monoisotopic (exact) mass is 509 g/mol. The fraction of sp³-hybridized carbons (Fsp3) is 0.464. The SMILES string of the molecule is CCC(=O)Nc1ccc(N2CCN(C(=O)NC3CCCCC3)CC2)c(C(=O)NCc2ccc(F)cc2)c1. The molecule has 0 aromatic heterocycles. The standard InChI is InChI=1S/C28H36FN5O3/c1-2-26(35)31-23-12-13-25(24(18-23)27(36)30-19-20-8-10-21(29)11-9-20)33-14-16-34(17-15-33)28(37)32-22-6-4-3-5-7-22/h8-13,18,22H,2-7,14-17,19H2,1H3,(H,30,36)(H,31,35)(H,32,37). The molecule has 4 rings (SSSR count). The third-order valence-electron chi connectivity index (χ3n) is 7.05. The Kier molecular flexibility index (Phi) is 8.98. The van der Waals surface area contributed by atoms with E-state index >= 15 is 0 Å². The minimum Gasteiger partial charge on any atom is -0.367 e. The van der Waals surface area contributed by atoms with Crippen LogP contribution in [0.25, 0.3) is 0 Å². The summed E-state index contributed by atoms with van der Waals surface area (Å²) >= 11 is 0. The molecule has 2 fully saturated rings. The number of piperazine rings is 1. The first-order valence-corrected chi connectivity index (χ1v) is 13.2. The van der Waals surface area contributed by atoms with Crippen LogP contribution in [0.4, 0.5) is 20.6 Å². The molecule has 0 atom stereocenters. The maximum Gasteiger partial charge on any atom is 0.317 e. The van der Waals surface area contributed by atoms with Gasteiger partial charge in [-0.05, 0) is 48.7 Å². The number of nitrogens with one attached hydrogen (secondary N) is 3. The highest BCUT2D eigenvalue weighted by molar-refractivity contribution is 6.02. The Hall–Kier alpha value is -3.62. The molecule has 0 radical (unpaired) electrons. The van der Waals surface area contributed by atoms with E-state index < -0.39 is 0 Å². The maximum absolute atomic E-state index is 13.3. The van der Waals surface area contributed by atoms with Crippen LogP contribution < -0.4 is 20.9 Å². The molecule has 4 amide bonds. The topological polar surface area (TPSA) is 93.8 Å². The zero-order valence-corrected chi connectivity index (χ0v) is 21.4. The molecule has 3 N–H and O–H groups in total. The van der Waals surface area contributed by atoms with E-state index in [0.717, 1.165) is 24.1 Å². The Balaban J connectivity index is 1.43. The van der Waals surface area contributed by atoms with Crippen LogP contribution in [0.1, 0.15) is 61.4 Å². The van der Waals surface area contributed by atoms with E-state index in [4.69, 9.17) is 0 Å². The summed E-state index contributed by atoms with van der Waals surface area (Å²) in [5, 5.41) is 8.90. The van der Waals surface area contributed by atoms with Crippen LogP contribution in [0, 0.1) is 5.82 Å². The van der Waals surface area contributed by atoms with Crippen molar-refractivity contribution in [1.82, 2.24) is 15.5 Å². The quantitative estimate of drug-likeness (QED) is 0.520. The molecule has 8 nitrogen and oxygen atoms in total. The number of anilines is 2. The molecule has 2 aliphatic rings. The van der Waals surface area contributed by atoms with Gasteiger partial charge in [-0.25, -0.2) is 9.18 Å². The largest absolute Gasteiger partial charge is 0.367 e. The summed E-state index contributed by atoms with van der Waals surface area (Å²) < 4.78 is 13.2. The van der Waals surface area contributed by atoms with Crippen molar-refractivity contribution in [2.75, 3.05) is 36.4 Å². The third kappa shape index (κ3) is 7.21. The van der Waals surface area contributed by atoms with E-state index in [2.05, 4.69) is 20.9 Å². The number of urea groups is 1. The number of carbonyl (C=O) groups is 3. The Labute approximate surface area is 217 Å². The van der Waals surface area contributed by atoms with Gasteiger partial charge in [0.1, 0.15) is 5.82 Å². The summed E-state index contributed by atoms with van der Waals surface area (Å²) in [5.74, 6) is -0.754. The molecule has 2 aromatic carbocycles. The molecule has 1 heterocycles. The van der Waals surface area contributed by atoms with E-state index in [1.54, 1.807) is 31.2 Å². The second kappa shape index (κ2) is 12.6. The second-order valence-electron chi connectivity index (χ2n) is 9.70. The van der Waals surface area contributed by atoms with E-state index in [0.29, 0.717) is 43.9 Å². The number of hydrogen-bond donors (Lipinski definition) is 3. The highest BCUT2D eigenvalue weighted by Crippen LogP contribution is 2.26. The number of benzene rings is 2. The average Bonchev–Trinajstić information content (AvgIpc) is 2.93. The molecule has 1 aliphatic carbocycles. The Morgan fingerprint density at radius 1 is 0.946 bits per heavy atom. The fourth-order valence-electron chi connectivity index (χ4n) is 4.86. The van der Waals surface area contributed by atoms with Gasteiger partial charge in [0, 0.05) is 56.6 Å². The average molecular weight is 510 g/mol. The van der Waals surface area contributed by atoms with Gasteiger partial charge in [0.05, 0.1) is 5.56 Å². The molecule has 0 unspecified atom stereocenters. The summed E-state index contributed by atoms with van der Waals surface area (Å²) in [6.07, 6.45) is 6.00. The van der Waals surface area contributed by atoms with Crippen molar-refractivity contribution in [2.45, 2.75) is 58.0 Å². The van der Waals surface area contributed by atoms with E-state index in [9.17, 15) is 18.8 Å². The van der Waals surface area contributed by atoms with Gasteiger partial charge in [-0.1, -0.05) is 38.3 Å². The molecule has 9 heteroatoms. The van der Waals surface area contributed by atoms with Crippen molar-refractivity contribution in [3.63, 3.8) is 0 Å². The number of nitrogens with zero attached hydrogens (tertiary/aromatic N) is 2. The first-order chi connectivity index (χ1) is 17.9. The smallest absolute Gasteiger partial charge is 0.317 e. The van der Waals surface area contributed by atoms with Crippen LogP contribution in [0.15, 0.2) is 42.5 Å². The second-order valence-corrected chi connectivity index (χ2v) is 9.70. The molecular formula is C28H36FN5O3. The van der Waals surface area contributed by atoms with Gasteiger partial charge in [0.15, 0.2) is 0 Å². The molecule has 0 bridgehead atoms. The molecule has 1 saturated carbocycles. The first-order valence-electron chi connectivity index (χ1n) is 13.2. The van der Waals surface area contributed by atoms with Crippen LogP contribution in [0.3, 0.4) is 0 Å². The van der Waals surface area contributed by atoms with Gasteiger partial charge in [0.25, 0.3) is 5.91 Å². The van der Waals surface area contributed by atoms with Gasteiger partial charge in [-0.15, -0.1) is 0 Å². The Morgan fingerprint density at radius 2 is 1.65 bits per heavy atom. The summed E-state index contributed by atoms with van der Waals surface area (Å²) in [6, 6.07) is 11.6. The van der Waals surface area contributed by atoms with Crippen molar-refractivity contribution < 1.29 is 18.8 Å². The van der Waals surface area contributed by atoms with Crippen LogP contribution in [0.5, 0.6) is 0 Å². The maximum atomic E-state index is 13.3. The van der Waals surface area contributed by atoms with Crippen molar-refractivity contribution in [3.8, 4) is 0 Å². The van der Waals surface area contributed by atoms with Gasteiger partial charge < -0.3 is 25.8 Å². The predicted octanol–water partition coefficient (Wildman–Crippen LogP) is 4.27. The highest BCUT2D eigenvalue weighted by Gasteiger charge is 2.26. The van der Waals surface area contributed by atoms with Gasteiger partial charge in [-0.3, -0.25) is 9.59 Å². The lowest BCUT2D eigenvalue weighted by atomic mass is 9.96. The molecular weight excluding hydrogens is 473 g/mol. The van der Waals surface area contributed by atoms with Gasteiger partial charge in [0.2, 0.25) is 5.91 Å². The number of rotatable bonds is 7. The number of amides is 4. The molecule has 198 valence electrons. The van der Waals surface area contributed by atoms with E-state index in [-0.39, 0.29) is 36.2 Å². The molecule has 1 aliphatic heterocycles. The lowest BCUT2D eigenvalue weighted by Crippen LogP contribution is -2.54. The number of halogens is 1. The van der Waals surface area contributed by atoms with Crippen LogP contribution in [-0.2, 0) is 11.3 Å². The van der Waals surface area contributed by atoms with Gasteiger partial charge in [-0.2, -0.15) is 0 Å². The van der Waals surface area contributed by atoms with Gasteiger partial charge >= 0.3 is 6.03 Å². The minimum absolute atomic E-state index is 0.0126. The lowest BCUT2D eigenvalue weighted by Gasteiger charge is -2.37. The van der Waals surface area contributed by atoms with Crippen LogP contribution >= 0.6 is 0 Å². The zero-order valence-electron chi connectivity index (χ0n) is 21.4. The van der Waals surface area contributed by atoms with Crippen LogP contribution in [-0.4, -0.2) is 55.0 Å². The minimum atomic E-state index is -0.330. The zero-order chi connectivity index (χ0) is 26.2. The highest BCUT2D eigenvalue weighted by atomic mass is 19.1. The van der Waals surface area contributed by atoms with Crippen molar-refractivity contribution in [2.24, 2.45) is 0 Å². The lowest BCUT2D eigenvalue weighted by molar-refractivity contribution is -0.115. The molecule has 1 saturated heterocycles. The van der Waals surface area contributed by atoms with E-state index in [1.807, 2.05) is 11.0 Å².